The average molecular weight is 292 g/mol. The second-order valence-corrected chi connectivity index (χ2v) is 6.26. The molecule has 1 unspecified atom stereocenters. The number of hydrogen-bond acceptors (Lipinski definition) is 3. The van der Waals surface area contributed by atoms with Gasteiger partial charge in [0.25, 0.3) is 0 Å². The highest BCUT2D eigenvalue weighted by Crippen LogP contribution is 2.13. The van der Waals surface area contributed by atoms with Crippen LogP contribution in [0, 0.1) is 5.92 Å². The Bertz CT molecular complexity index is 361. The zero-order valence-corrected chi connectivity index (χ0v) is 13.6. The van der Waals surface area contributed by atoms with E-state index in [4.69, 9.17) is 0 Å². The summed E-state index contributed by atoms with van der Waals surface area (Å²) in [7, 11) is 0. The van der Waals surface area contributed by atoms with Crippen LogP contribution in [-0.2, 0) is 6.54 Å². The molecule has 1 aliphatic heterocycles. The Morgan fingerprint density at radius 1 is 1.05 bits per heavy atom. The summed E-state index contributed by atoms with van der Waals surface area (Å²) in [6.07, 6.45) is 2.59. The van der Waals surface area contributed by atoms with Gasteiger partial charge in [-0.1, -0.05) is 43.7 Å². The molecule has 0 aromatic heterocycles. The summed E-state index contributed by atoms with van der Waals surface area (Å²) in [5, 5.41) is 0. The molecule has 1 aromatic rings. The first kappa shape index (κ1) is 15.9. The number of nitrogens with zero attached hydrogens (tertiary/aromatic N) is 2. The Morgan fingerprint density at radius 2 is 1.70 bits per heavy atom. The molecule has 0 amide bonds. The van der Waals surface area contributed by atoms with E-state index in [1.165, 1.54) is 51.1 Å². The molecule has 20 heavy (non-hydrogen) atoms. The van der Waals surface area contributed by atoms with Crippen molar-refractivity contribution >= 4 is 12.6 Å². The second kappa shape index (κ2) is 8.71. The number of rotatable bonds is 7. The quantitative estimate of drug-likeness (QED) is 0.771. The van der Waals surface area contributed by atoms with Crippen LogP contribution in [0.25, 0.3) is 0 Å². The van der Waals surface area contributed by atoms with Gasteiger partial charge in [-0.05, 0) is 23.7 Å². The monoisotopic (exact) mass is 292 g/mol. The van der Waals surface area contributed by atoms with Crippen LogP contribution in [0.5, 0.6) is 0 Å². The van der Waals surface area contributed by atoms with Crippen LogP contribution < -0.4 is 0 Å². The number of thiol groups is 1. The number of benzene rings is 1. The second-order valence-electron chi connectivity index (χ2n) is 5.90. The lowest BCUT2D eigenvalue weighted by Gasteiger charge is -2.36. The van der Waals surface area contributed by atoms with Gasteiger partial charge in [0.15, 0.2) is 0 Å². The fraction of sp³-hybridized carbons (Fsp3) is 0.647. The van der Waals surface area contributed by atoms with E-state index in [2.05, 4.69) is 59.7 Å². The lowest BCUT2D eigenvalue weighted by molar-refractivity contribution is 0.114. The zero-order chi connectivity index (χ0) is 14.2. The van der Waals surface area contributed by atoms with Crippen molar-refractivity contribution in [2.45, 2.75) is 26.3 Å². The molecule has 1 aromatic carbocycles. The van der Waals surface area contributed by atoms with Crippen LogP contribution in [0.3, 0.4) is 0 Å². The van der Waals surface area contributed by atoms with E-state index in [0.29, 0.717) is 0 Å². The van der Waals surface area contributed by atoms with Gasteiger partial charge in [-0.2, -0.15) is 12.6 Å². The molecule has 0 saturated carbocycles. The fourth-order valence-corrected chi connectivity index (χ4v) is 3.28. The van der Waals surface area contributed by atoms with Gasteiger partial charge in [-0.3, -0.25) is 4.90 Å². The Hall–Kier alpha value is -0.510. The molecule has 1 heterocycles. The summed E-state index contributed by atoms with van der Waals surface area (Å²) in [6, 6.07) is 10.8. The molecule has 0 N–H and O–H groups in total. The molecule has 1 atom stereocenters. The van der Waals surface area contributed by atoms with Gasteiger partial charge in [-0.15, -0.1) is 0 Å². The molecule has 0 spiro atoms. The van der Waals surface area contributed by atoms with Crippen LogP contribution in [0.4, 0.5) is 0 Å². The van der Waals surface area contributed by atoms with Gasteiger partial charge in [0, 0.05) is 39.3 Å². The molecule has 2 nitrogen and oxygen atoms in total. The third-order valence-corrected chi connectivity index (χ3v) is 4.70. The third-order valence-electron chi connectivity index (χ3n) is 4.19. The topological polar surface area (TPSA) is 6.48 Å². The van der Waals surface area contributed by atoms with Gasteiger partial charge >= 0.3 is 0 Å². The van der Waals surface area contributed by atoms with Crippen LogP contribution in [-0.4, -0.2) is 48.3 Å². The van der Waals surface area contributed by atoms with E-state index in [-0.39, 0.29) is 0 Å². The first-order valence-corrected chi connectivity index (χ1v) is 8.54. The van der Waals surface area contributed by atoms with E-state index in [1.807, 2.05) is 0 Å². The molecule has 2 rings (SSSR count). The molecule has 1 saturated heterocycles. The van der Waals surface area contributed by atoms with E-state index < -0.39 is 0 Å². The van der Waals surface area contributed by atoms with Crippen molar-refractivity contribution in [1.29, 1.82) is 0 Å². The van der Waals surface area contributed by atoms with Crippen LogP contribution in [0.2, 0.25) is 0 Å². The first-order chi connectivity index (χ1) is 9.81. The van der Waals surface area contributed by atoms with Gasteiger partial charge in [-0.25, -0.2) is 0 Å². The average Bonchev–Trinajstić information content (AvgIpc) is 2.50. The molecular formula is C17H28N2S. The Balaban J connectivity index is 1.72. The van der Waals surface area contributed by atoms with Gasteiger partial charge in [0.1, 0.15) is 0 Å². The maximum atomic E-state index is 4.50. The Morgan fingerprint density at radius 3 is 2.30 bits per heavy atom. The Labute approximate surface area is 129 Å². The predicted molar refractivity (Wildman–Crippen MR) is 90.4 cm³/mol. The van der Waals surface area contributed by atoms with Crippen molar-refractivity contribution < 1.29 is 0 Å². The van der Waals surface area contributed by atoms with E-state index >= 15 is 0 Å². The number of piperazine rings is 1. The summed E-state index contributed by atoms with van der Waals surface area (Å²) in [5.74, 6) is 1.79. The molecule has 1 fully saturated rings. The normalized spacial score (nSPS) is 19.1. The maximum Gasteiger partial charge on any atom is 0.0234 e. The predicted octanol–water partition coefficient (Wildman–Crippen LogP) is 3.15. The summed E-state index contributed by atoms with van der Waals surface area (Å²) in [6.45, 7) is 9.41. The highest BCUT2D eigenvalue weighted by atomic mass is 32.1. The third kappa shape index (κ3) is 5.12. The molecule has 112 valence electrons. The fourth-order valence-electron chi connectivity index (χ4n) is 2.99. The van der Waals surface area contributed by atoms with Crippen molar-refractivity contribution in [3.8, 4) is 0 Å². The summed E-state index contributed by atoms with van der Waals surface area (Å²) < 4.78 is 0. The molecule has 3 heteroatoms. The first-order valence-electron chi connectivity index (χ1n) is 7.91. The molecule has 0 bridgehead atoms. The van der Waals surface area contributed by atoms with Crippen molar-refractivity contribution in [3.63, 3.8) is 0 Å². The minimum Gasteiger partial charge on any atom is -0.300 e. The standard InChI is InChI=1S/C17H28N2S/c1-2-6-17(15-20)14-19-11-9-18(10-12-19)13-16-7-4-3-5-8-16/h3-5,7-8,17,20H,2,6,9-15H2,1H3. The van der Waals surface area contributed by atoms with Gasteiger partial charge < -0.3 is 4.90 Å². The molecule has 0 radical (unpaired) electrons. The largest absolute Gasteiger partial charge is 0.300 e. The Kier molecular flexibility index (Phi) is 6.91. The summed E-state index contributed by atoms with van der Waals surface area (Å²) in [4.78, 5) is 5.19. The van der Waals surface area contributed by atoms with Crippen LogP contribution in [0.15, 0.2) is 30.3 Å². The van der Waals surface area contributed by atoms with Crippen molar-refractivity contribution in [2.75, 3.05) is 38.5 Å². The van der Waals surface area contributed by atoms with Gasteiger partial charge in [0.2, 0.25) is 0 Å². The van der Waals surface area contributed by atoms with E-state index in [9.17, 15) is 0 Å². The van der Waals surface area contributed by atoms with E-state index in [1.54, 1.807) is 0 Å². The van der Waals surface area contributed by atoms with Crippen LogP contribution >= 0.6 is 12.6 Å². The van der Waals surface area contributed by atoms with Crippen molar-refractivity contribution in [3.05, 3.63) is 35.9 Å². The van der Waals surface area contributed by atoms with E-state index in [0.717, 1.165) is 18.2 Å². The molecule has 1 aliphatic rings. The highest BCUT2D eigenvalue weighted by Gasteiger charge is 2.19. The molecule has 0 aliphatic carbocycles. The minimum atomic E-state index is 0.768. The minimum absolute atomic E-state index is 0.768. The van der Waals surface area contributed by atoms with Crippen LogP contribution in [0.1, 0.15) is 25.3 Å². The van der Waals surface area contributed by atoms with Crippen molar-refractivity contribution in [1.82, 2.24) is 9.80 Å². The summed E-state index contributed by atoms with van der Waals surface area (Å²) >= 11 is 4.50. The maximum absolute atomic E-state index is 4.50. The SMILES string of the molecule is CCCC(CS)CN1CCN(Cc2ccccc2)CC1. The number of hydrogen-bond donors (Lipinski definition) is 1. The highest BCUT2D eigenvalue weighted by molar-refractivity contribution is 7.80. The lowest BCUT2D eigenvalue weighted by Crippen LogP contribution is -2.47. The summed E-state index contributed by atoms with van der Waals surface area (Å²) in [5.41, 5.74) is 1.43. The van der Waals surface area contributed by atoms with Crippen molar-refractivity contribution in [2.24, 2.45) is 5.92 Å². The lowest BCUT2D eigenvalue weighted by atomic mass is 10.0. The van der Waals surface area contributed by atoms with Gasteiger partial charge in [0.05, 0.1) is 0 Å². The molecular weight excluding hydrogens is 264 g/mol. The zero-order valence-electron chi connectivity index (χ0n) is 12.7. The smallest absolute Gasteiger partial charge is 0.0234 e.